The van der Waals surface area contributed by atoms with Crippen molar-refractivity contribution in [3.05, 3.63) is 59.7 Å². The van der Waals surface area contributed by atoms with E-state index in [4.69, 9.17) is 14.2 Å². The molecule has 2 aromatic carbocycles. The van der Waals surface area contributed by atoms with E-state index in [9.17, 15) is 8.42 Å². The zero-order chi connectivity index (χ0) is 25.0. The largest absolute Gasteiger partial charge is 0.494 e. The minimum Gasteiger partial charge on any atom is -0.494 e. The summed E-state index contributed by atoms with van der Waals surface area (Å²) in [6.45, 7) is 7.20. The van der Waals surface area contributed by atoms with Crippen molar-refractivity contribution in [3.8, 4) is 5.75 Å². The fourth-order valence-corrected chi connectivity index (χ4v) is 7.31. The number of ether oxygens (including phenoxy) is 3. The van der Waals surface area contributed by atoms with E-state index in [1.807, 2.05) is 31.2 Å². The van der Waals surface area contributed by atoms with E-state index in [1.54, 1.807) is 12.1 Å². The molecular weight excluding hydrogens is 476 g/mol. The van der Waals surface area contributed by atoms with Gasteiger partial charge in [0.2, 0.25) is 9.84 Å². The van der Waals surface area contributed by atoms with Crippen LogP contribution in [0.5, 0.6) is 5.75 Å². The van der Waals surface area contributed by atoms with Crippen LogP contribution in [0.4, 0.5) is 0 Å². The molecule has 3 aliphatic rings. The van der Waals surface area contributed by atoms with Crippen molar-refractivity contribution >= 4 is 16.2 Å². The van der Waals surface area contributed by atoms with Gasteiger partial charge in [0.15, 0.2) is 11.8 Å². The first-order chi connectivity index (χ1) is 17.5. The van der Waals surface area contributed by atoms with Gasteiger partial charge in [-0.2, -0.15) is 0 Å². The molecule has 0 N–H and O–H groups in total. The van der Waals surface area contributed by atoms with Gasteiger partial charge in [-0.05, 0) is 81.9 Å². The zero-order valence-electron chi connectivity index (χ0n) is 21.0. The average molecular weight is 513 g/mol. The van der Waals surface area contributed by atoms with E-state index in [2.05, 4.69) is 22.0 Å². The summed E-state index contributed by atoms with van der Waals surface area (Å²) in [4.78, 5) is 7.09. The molecule has 0 aliphatic carbocycles. The first kappa shape index (κ1) is 25.2. The van der Waals surface area contributed by atoms with Crippen LogP contribution in [0, 0.1) is 6.92 Å². The molecule has 0 radical (unpaired) electrons. The van der Waals surface area contributed by atoms with E-state index in [-0.39, 0.29) is 4.90 Å². The summed E-state index contributed by atoms with van der Waals surface area (Å²) in [6.07, 6.45) is 5.63. The molecule has 2 fully saturated rings. The van der Waals surface area contributed by atoms with Crippen LogP contribution >= 0.6 is 0 Å². The number of likely N-dealkylation sites (tertiary alicyclic amines) is 1. The summed E-state index contributed by atoms with van der Waals surface area (Å²) in [5.74, 6) is 0.829. The normalized spacial score (nSPS) is 24.0. The van der Waals surface area contributed by atoms with Gasteiger partial charge >= 0.3 is 0 Å². The topological polar surface area (TPSA) is 77.4 Å². The number of aryl methyl sites for hydroxylation is 1. The van der Waals surface area contributed by atoms with Gasteiger partial charge in [-0.15, -0.1) is 0 Å². The van der Waals surface area contributed by atoms with Gasteiger partial charge in [-0.3, -0.25) is 0 Å². The summed E-state index contributed by atoms with van der Waals surface area (Å²) >= 11 is 0. The lowest BCUT2D eigenvalue weighted by atomic mass is 9.70. The molecule has 36 heavy (non-hydrogen) atoms. The number of nitrogens with zero attached hydrogens (tertiary/aromatic N) is 2. The SMILES string of the molecule is Cc1ccc(S(=O)(=O)C2N=COC2C2(c3ccc(OCCCN4CCCC4)cc3)CCOCC2)cc1. The summed E-state index contributed by atoms with van der Waals surface area (Å²) in [6, 6.07) is 15.0. The molecule has 2 saturated heterocycles. The number of aliphatic imine (C=N–C) groups is 1. The monoisotopic (exact) mass is 512 g/mol. The van der Waals surface area contributed by atoms with Crippen LogP contribution in [0.2, 0.25) is 0 Å². The first-order valence-corrected chi connectivity index (χ1v) is 14.5. The third kappa shape index (κ3) is 5.17. The van der Waals surface area contributed by atoms with Crippen molar-refractivity contribution < 1.29 is 22.6 Å². The van der Waals surface area contributed by atoms with Crippen molar-refractivity contribution in [2.75, 3.05) is 39.5 Å². The van der Waals surface area contributed by atoms with Crippen LogP contribution in [-0.2, 0) is 24.7 Å². The van der Waals surface area contributed by atoms with E-state index in [1.165, 1.54) is 32.3 Å². The second-order valence-electron chi connectivity index (χ2n) is 10.1. The third-order valence-electron chi connectivity index (χ3n) is 7.79. The second-order valence-corrected chi connectivity index (χ2v) is 12.1. The second kappa shape index (κ2) is 10.9. The van der Waals surface area contributed by atoms with Crippen LogP contribution in [-0.4, -0.2) is 70.7 Å². The lowest BCUT2D eigenvalue weighted by Gasteiger charge is -2.42. The Balaban J connectivity index is 1.33. The van der Waals surface area contributed by atoms with Crippen molar-refractivity contribution in [1.82, 2.24) is 4.90 Å². The quantitative estimate of drug-likeness (QED) is 0.470. The van der Waals surface area contributed by atoms with Crippen LogP contribution in [0.1, 0.15) is 43.2 Å². The van der Waals surface area contributed by atoms with Crippen molar-refractivity contribution in [2.24, 2.45) is 4.99 Å². The molecule has 3 aliphatic heterocycles. The summed E-state index contributed by atoms with van der Waals surface area (Å²) in [5.41, 5.74) is 1.52. The maximum atomic E-state index is 13.6. The highest BCUT2D eigenvalue weighted by Crippen LogP contribution is 2.44. The molecule has 194 valence electrons. The Morgan fingerprint density at radius 1 is 1.03 bits per heavy atom. The van der Waals surface area contributed by atoms with Crippen molar-refractivity contribution in [2.45, 2.75) is 60.8 Å². The molecule has 0 bridgehead atoms. The number of hydrogen-bond donors (Lipinski definition) is 0. The summed E-state index contributed by atoms with van der Waals surface area (Å²) < 4.78 is 44.9. The Labute approximate surface area is 214 Å². The highest BCUT2D eigenvalue weighted by atomic mass is 32.2. The van der Waals surface area contributed by atoms with E-state index in [0.29, 0.717) is 32.7 Å². The van der Waals surface area contributed by atoms with Gasteiger partial charge in [0, 0.05) is 25.2 Å². The highest BCUT2D eigenvalue weighted by molar-refractivity contribution is 7.92. The molecule has 2 unspecified atom stereocenters. The molecule has 2 atom stereocenters. The third-order valence-corrected chi connectivity index (χ3v) is 9.72. The summed E-state index contributed by atoms with van der Waals surface area (Å²) in [7, 11) is -3.72. The summed E-state index contributed by atoms with van der Waals surface area (Å²) in [5, 5.41) is -1.00. The molecule has 7 nitrogen and oxygen atoms in total. The molecule has 8 heteroatoms. The number of hydrogen-bond acceptors (Lipinski definition) is 7. The van der Waals surface area contributed by atoms with E-state index in [0.717, 1.165) is 29.8 Å². The Kier molecular flexibility index (Phi) is 7.65. The fourth-order valence-electron chi connectivity index (χ4n) is 5.66. The Morgan fingerprint density at radius 2 is 1.72 bits per heavy atom. The van der Waals surface area contributed by atoms with Gasteiger partial charge in [0.1, 0.15) is 11.9 Å². The first-order valence-electron chi connectivity index (χ1n) is 13.0. The van der Waals surface area contributed by atoms with E-state index < -0.39 is 26.7 Å². The molecule has 0 spiro atoms. The van der Waals surface area contributed by atoms with Crippen LogP contribution in [0.3, 0.4) is 0 Å². The molecule has 2 aromatic rings. The minimum atomic E-state index is -3.72. The van der Waals surface area contributed by atoms with Crippen LogP contribution < -0.4 is 4.74 Å². The average Bonchev–Trinajstić information content (AvgIpc) is 3.61. The Morgan fingerprint density at radius 3 is 2.42 bits per heavy atom. The standard InChI is InChI=1S/C28H36N2O5S/c1-22-5-11-25(12-6-22)36(31,32)27-26(35-21-29-27)28(13-19-33-20-14-28)23-7-9-24(10-8-23)34-18-4-17-30-15-2-3-16-30/h5-12,21,26-27H,2-4,13-20H2,1H3. The smallest absolute Gasteiger partial charge is 0.205 e. The van der Waals surface area contributed by atoms with Crippen molar-refractivity contribution in [3.63, 3.8) is 0 Å². The fraction of sp³-hybridized carbons (Fsp3) is 0.536. The highest BCUT2D eigenvalue weighted by Gasteiger charge is 2.53. The number of sulfone groups is 1. The number of rotatable bonds is 9. The molecule has 3 heterocycles. The van der Waals surface area contributed by atoms with Gasteiger partial charge in [0.25, 0.3) is 0 Å². The van der Waals surface area contributed by atoms with E-state index >= 15 is 0 Å². The predicted molar refractivity (Wildman–Crippen MR) is 139 cm³/mol. The molecule has 0 aromatic heterocycles. The minimum absolute atomic E-state index is 0.269. The van der Waals surface area contributed by atoms with Gasteiger partial charge < -0.3 is 19.1 Å². The number of benzene rings is 2. The van der Waals surface area contributed by atoms with Gasteiger partial charge in [-0.1, -0.05) is 29.8 Å². The molecule has 0 amide bonds. The van der Waals surface area contributed by atoms with Crippen LogP contribution in [0.15, 0.2) is 58.4 Å². The van der Waals surface area contributed by atoms with Crippen LogP contribution in [0.25, 0.3) is 0 Å². The Bertz CT molecular complexity index is 1140. The lowest BCUT2D eigenvalue weighted by molar-refractivity contribution is -0.00170. The Hall–Kier alpha value is -2.42. The zero-order valence-corrected chi connectivity index (χ0v) is 21.8. The predicted octanol–water partition coefficient (Wildman–Crippen LogP) is 4.14. The molecule has 5 rings (SSSR count). The maximum Gasteiger partial charge on any atom is 0.205 e. The molecule has 0 saturated carbocycles. The molecular formula is C28H36N2O5S. The van der Waals surface area contributed by atoms with Gasteiger partial charge in [0.05, 0.1) is 11.5 Å². The van der Waals surface area contributed by atoms with Gasteiger partial charge in [-0.25, -0.2) is 13.4 Å². The van der Waals surface area contributed by atoms with Crippen molar-refractivity contribution in [1.29, 1.82) is 0 Å². The lowest BCUT2D eigenvalue weighted by Crippen LogP contribution is -2.51. The maximum absolute atomic E-state index is 13.6.